The first-order valence-electron chi connectivity index (χ1n) is 2.05. The van der Waals surface area contributed by atoms with Crippen LogP contribution in [0.15, 0.2) is 12.3 Å². The van der Waals surface area contributed by atoms with Gasteiger partial charge in [0, 0.05) is 6.07 Å². The molecule has 0 radical (unpaired) electrons. The molecule has 0 spiro atoms. The quantitative estimate of drug-likeness (QED) is 0.430. The Morgan fingerprint density at radius 1 is 1.62 bits per heavy atom. The first kappa shape index (κ1) is 7.74. The molecular formula is C4H6IN3. The van der Waals surface area contributed by atoms with E-state index in [1.807, 2.05) is 13.0 Å². The minimum atomic E-state index is 0. The summed E-state index contributed by atoms with van der Waals surface area (Å²) in [5, 5.41) is 9.72. The lowest BCUT2D eigenvalue weighted by atomic mass is 10.5. The molecular weight excluding hydrogens is 217 g/mol. The summed E-state index contributed by atoms with van der Waals surface area (Å²) >= 11 is 0. The lowest BCUT2D eigenvalue weighted by Crippen LogP contribution is -3.00. The summed E-state index contributed by atoms with van der Waals surface area (Å²) in [7, 11) is 0. The summed E-state index contributed by atoms with van der Waals surface area (Å²) in [5.41, 5.74) is 1.02. The van der Waals surface area contributed by atoms with Crippen molar-refractivity contribution in [1.29, 1.82) is 0 Å². The van der Waals surface area contributed by atoms with Crippen molar-refractivity contribution in [2.24, 2.45) is 0 Å². The number of nitrogens with zero attached hydrogens (tertiary/aromatic N) is 2. The van der Waals surface area contributed by atoms with Gasteiger partial charge in [-0.25, -0.2) is 0 Å². The summed E-state index contributed by atoms with van der Waals surface area (Å²) in [6, 6.07) is 1.85. The van der Waals surface area contributed by atoms with Gasteiger partial charge in [-0.15, -0.1) is 5.10 Å². The van der Waals surface area contributed by atoms with E-state index in [4.69, 9.17) is 0 Å². The third-order valence-electron chi connectivity index (χ3n) is 0.675. The third-order valence-corrected chi connectivity index (χ3v) is 0.675. The molecule has 1 rings (SSSR count). The van der Waals surface area contributed by atoms with E-state index < -0.39 is 0 Å². The molecule has 1 heterocycles. The molecule has 0 unspecified atom stereocenters. The van der Waals surface area contributed by atoms with Crippen LogP contribution in [-0.2, 0) is 0 Å². The second-order valence-electron chi connectivity index (χ2n) is 1.33. The van der Waals surface area contributed by atoms with Gasteiger partial charge in [-0.1, -0.05) is 0 Å². The molecule has 4 heteroatoms. The van der Waals surface area contributed by atoms with Crippen LogP contribution in [0.25, 0.3) is 0 Å². The maximum Gasteiger partial charge on any atom is 0.171 e. The second-order valence-corrected chi connectivity index (χ2v) is 1.33. The number of aromatic amines is 1. The highest BCUT2D eigenvalue weighted by atomic mass is 127. The van der Waals surface area contributed by atoms with Crippen molar-refractivity contribution in [2.75, 3.05) is 0 Å². The summed E-state index contributed by atoms with van der Waals surface area (Å²) in [5.74, 6) is 0. The molecule has 0 amide bonds. The molecule has 44 valence electrons. The molecule has 0 saturated heterocycles. The van der Waals surface area contributed by atoms with Gasteiger partial charge in [-0.2, -0.15) is 0 Å². The molecule has 0 aromatic carbocycles. The fourth-order valence-electron chi connectivity index (χ4n) is 0.323. The SMILES string of the molecule is Cc1ccnn[nH+]1.[I-]. The van der Waals surface area contributed by atoms with Crippen LogP contribution in [0.5, 0.6) is 0 Å². The molecule has 0 aliphatic rings. The molecule has 1 aromatic rings. The van der Waals surface area contributed by atoms with Crippen LogP contribution in [0.3, 0.4) is 0 Å². The molecule has 0 fully saturated rings. The summed E-state index contributed by atoms with van der Waals surface area (Å²) in [6.45, 7) is 1.93. The van der Waals surface area contributed by atoms with Crippen molar-refractivity contribution in [1.82, 2.24) is 10.3 Å². The van der Waals surface area contributed by atoms with E-state index in [0.29, 0.717) is 0 Å². The Morgan fingerprint density at radius 2 is 2.38 bits per heavy atom. The monoisotopic (exact) mass is 223 g/mol. The van der Waals surface area contributed by atoms with Crippen LogP contribution in [0.2, 0.25) is 0 Å². The van der Waals surface area contributed by atoms with Gasteiger partial charge in [0.15, 0.2) is 6.20 Å². The van der Waals surface area contributed by atoms with Gasteiger partial charge in [-0.3, -0.25) is 0 Å². The fourth-order valence-corrected chi connectivity index (χ4v) is 0.323. The van der Waals surface area contributed by atoms with Crippen molar-refractivity contribution in [3.63, 3.8) is 0 Å². The molecule has 0 aliphatic carbocycles. The number of halogens is 1. The maximum absolute atomic E-state index is 3.54. The number of nitrogens with one attached hydrogen (secondary N) is 1. The van der Waals surface area contributed by atoms with Gasteiger partial charge >= 0.3 is 0 Å². The number of aromatic nitrogens is 3. The van der Waals surface area contributed by atoms with E-state index >= 15 is 0 Å². The Hall–Kier alpha value is -0.260. The van der Waals surface area contributed by atoms with E-state index in [-0.39, 0.29) is 24.0 Å². The first-order valence-corrected chi connectivity index (χ1v) is 2.05. The first-order chi connectivity index (χ1) is 3.39. The Balaban J connectivity index is 0.000000490. The Labute approximate surface area is 64.5 Å². The minimum Gasteiger partial charge on any atom is -1.00 e. The molecule has 0 aliphatic heterocycles. The number of hydrogen-bond donors (Lipinski definition) is 0. The summed E-state index contributed by atoms with van der Waals surface area (Å²) in [4.78, 5) is 0. The van der Waals surface area contributed by atoms with Gasteiger partial charge < -0.3 is 24.0 Å². The van der Waals surface area contributed by atoms with Crippen LogP contribution in [0.1, 0.15) is 5.69 Å². The number of aryl methyl sites for hydroxylation is 1. The topological polar surface area (TPSA) is 39.9 Å². The molecule has 8 heavy (non-hydrogen) atoms. The molecule has 3 nitrogen and oxygen atoms in total. The van der Waals surface area contributed by atoms with E-state index in [9.17, 15) is 0 Å². The fraction of sp³-hybridized carbons (Fsp3) is 0.250. The van der Waals surface area contributed by atoms with Crippen molar-refractivity contribution in [3.8, 4) is 0 Å². The second kappa shape index (κ2) is 3.71. The smallest absolute Gasteiger partial charge is 0.171 e. The minimum absolute atomic E-state index is 0. The highest BCUT2D eigenvalue weighted by molar-refractivity contribution is 4.83. The zero-order valence-electron chi connectivity index (χ0n) is 4.43. The number of rotatable bonds is 0. The highest BCUT2D eigenvalue weighted by Gasteiger charge is 1.83. The summed E-state index contributed by atoms with van der Waals surface area (Å²) < 4.78 is 0. The van der Waals surface area contributed by atoms with Crippen LogP contribution in [0.4, 0.5) is 0 Å². The van der Waals surface area contributed by atoms with E-state index in [0.717, 1.165) is 5.69 Å². The Bertz CT molecular complexity index is 141. The lowest BCUT2D eigenvalue weighted by Gasteiger charge is -1.72. The lowest BCUT2D eigenvalue weighted by molar-refractivity contribution is -0.472. The van der Waals surface area contributed by atoms with Crippen molar-refractivity contribution in [3.05, 3.63) is 18.0 Å². The molecule has 0 atom stereocenters. The average Bonchev–Trinajstić information content (AvgIpc) is 1.69. The van der Waals surface area contributed by atoms with Crippen molar-refractivity contribution >= 4 is 0 Å². The van der Waals surface area contributed by atoms with Crippen LogP contribution in [0, 0.1) is 6.92 Å². The van der Waals surface area contributed by atoms with E-state index in [1.165, 1.54) is 0 Å². The third kappa shape index (κ3) is 2.15. The molecule has 1 aromatic heterocycles. The maximum atomic E-state index is 3.54. The Kier molecular flexibility index (Phi) is 3.59. The zero-order valence-corrected chi connectivity index (χ0v) is 6.58. The van der Waals surface area contributed by atoms with Gasteiger partial charge in [0.25, 0.3) is 0 Å². The van der Waals surface area contributed by atoms with Crippen molar-refractivity contribution in [2.45, 2.75) is 6.92 Å². The standard InChI is InChI=1S/C4H5N3.HI/c1-4-2-3-5-7-6-4;/h2-3H,1H3;1H. The van der Waals surface area contributed by atoms with Gasteiger partial charge in [-0.05, 0) is 6.92 Å². The molecule has 1 N–H and O–H groups in total. The summed E-state index contributed by atoms with van der Waals surface area (Å²) in [6.07, 6.45) is 1.64. The van der Waals surface area contributed by atoms with Crippen LogP contribution in [-0.4, -0.2) is 10.3 Å². The Morgan fingerprint density at radius 3 is 2.62 bits per heavy atom. The van der Waals surface area contributed by atoms with E-state index in [2.05, 4.69) is 15.4 Å². The zero-order chi connectivity index (χ0) is 5.11. The van der Waals surface area contributed by atoms with Crippen LogP contribution < -0.4 is 29.1 Å². The van der Waals surface area contributed by atoms with Gasteiger partial charge in [0.2, 0.25) is 0 Å². The predicted octanol–water partition coefficient (Wildman–Crippen LogP) is -3.40. The van der Waals surface area contributed by atoms with Gasteiger partial charge in [0.1, 0.15) is 10.9 Å². The molecule has 0 saturated carbocycles. The van der Waals surface area contributed by atoms with Crippen LogP contribution >= 0.6 is 0 Å². The van der Waals surface area contributed by atoms with Gasteiger partial charge in [0.05, 0.1) is 5.10 Å². The normalized spacial score (nSPS) is 7.62. The van der Waals surface area contributed by atoms with E-state index in [1.54, 1.807) is 6.20 Å². The number of hydrogen-bond acceptors (Lipinski definition) is 2. The predicted molar refractivity (Wildman–Crippen MR) is 23.3 cm³/mol. The average molecular weight is 223 g/mol. The largest absolute Gasteiger partial charge is 1.00 e. The number of H-pyrrole nitrogens is 1. The highest BCUT2D eigenvalue weighted by Crippen LogP contribution is 1.74. The molecule has 0 bridgehead atoms. The van der Waals surface area contributed by atoms with Crippen molar-refractivity contribution < 1.29 is 29.1 Å².